The molecule has 0 aromatic heterocycles. The van der Waals surface area contributed by atoms with Gasteiger partial charge in [0.1, 0.15) is 0 Å². The first-order valence-electron chi connectivity index (χ1n) is 7.48. The van der Waals surface area contributed by atoms with Crippen LogP contribution in [0.2, 0.25) is 0 Å². The summed E-state index contributed by atoms with van der Waals surface area (Å²) in [5, 5.41) is 0. The fourth-order valence-electron chi connectivity index (χ4n) is 1.84. The molecule has 1 N–H and O–H groups in total. The van der Waals surface area contributed by atoms with Crippen molar-refractivity contribution in [2.75, 3.05) is 7.05 Å². The zero-order chi connectivity index (χ0) is 20.8. The second kappa shape index (κ2) is 9.23. The third-order valence-corrected chi connectivity index (χ3v) is 6.18. The molecule has 0 aliphatic rings. The lowest BCUT2D eigenvalue weighted by atomic mass is 10.2. The third-order valence-electron chi connectivity index (χ3n) is 3.38. The van der Waals surface area contributed by atoms with Crippen LogP contribution in [0, 0.1) is 0 Å². The van der Waals surface area contributed by atoms with Crippen molar-refractivity contribution in [2.45, 2.75) is 23.6 Å². The van der Waals surface area contributed by atoms with E-state index in [1.165, 1.54) is 69.4 Å². The maximum atomic E-state index is 11.3. The van der Waals surface area contributed by atoms with Gasteiger partial charge in [-0.1, -0.05) is 24.3 Å². The molecular formula is C17H18ClNO6S2. The highest BCUT2D eigenvalue weighted by atomic mass is 35.7. The van der Waals surface area contributed by atoms with Crippen LogP contribution in [-0.4, -0.2) is 35.4 Å². The lowest BCUT2D eigenvalue weighted by molar-refractivity contribution is 0.100. The second-order valence-corrected chi connectivity index (χ2v) is 9.76. The number of benzene rings is 2. The van der Waals surface area contributed by atoms with Crippen molar-refractivity contribution >= 4 is 41.3 Å². The van der Waals surface area contributed by atoms with Crippen LogP contribution >= 0.6 is 10.7 Å². The molecule has 0 atom stereocenters. The predicted molar refractivity (Wildman–Crippen MR) is 102 cm³/mol. The number of hydrogen-bond donors (Lipinski definition) is 1. The molecule has 0 amide bonds. The summed E-state index contributed by atoms with van der Waals surface area (Å²) in [7, 11) is -0.667. The Labute approximate surface area is 162 Å². The van der Waals surface area contributed by atoms with E-state index in [0.717, 1.165) is 0 Å². The number of carbonyl (C=O) groups excluding carboxylic acids is 2. The zero-order valence-electron chi connectivity index (χ0n) is 14.8. The average Bonchev–Trinajstić information content (AvgIpc) is 2.61. The van der Waals surface area contributed by atoms with Crippen LogP contribution in [0.4, 0.5) is 0 Å². The van der Waals surface area contributed by atoms with Gasteiger partial charge in [0.15, 0.2) is 11.6 Å². The predicted octanol–water partition coefficient (Wildman–Crippen LogP) is 2.61. The van der Waals surface area contributed by atoms with Crippen molar-refractivity contribution in [3.8, 4) is 0 Å². The number of rotatable bonds is 5. The van der Waals surface area contributed by atoms with E-state index < -0.39 is 19.1 Å². The van der Waals surface area contributed by atoms with Gasteiger partial charge in [0.25, 0.3) is 9.05 Å². The van der Waals surface area contributed by atoms with Crippen LogP contribution in [0.25, 0.3) is 0 Å². The Morgan fingerprint density at radius 3 is 1.33 bits per heavy atom. The van der Waals surface area contributed by atoms with Crippen molar-refractivity contribution in [3.63, 3.8) is 0 Å². The molecule has 7 nitrogen and oxygen atoms in total. The van der Waals surface area contributed by atoms with E-state index in [1.807, 2.05) is 0 Å². The highest BCUT2D eigenvalue weighted by Crippen LogP contribution is 2.15. The van der Waals surface area contributed by atoms with Gasteiger partial charge in [-0.25, -0.2) is 21.6 Å². The van der Waals surface area contributed by atoms with Gasteiger partial charge in [0.2, 0.25) is 10.0 Å². The van der Waals surface area contributed by atoms with Crippen molar-refractivity contribution in [2.24, 2.45) is 0 Å². The van der Waals surface area contributed by atoms with Crippen LogP contribution in [0.5, 0.6) is 0 Å². The summed E-state index contributed by atoms with van der Waals surface area (Å²) in [6.45, 7) is 2.84. The first-order chi connectivity index (χ1) is 12.4. The number of Topliss-reactive ketones (excluding diaryl/α,β-unsaturated/α-hetero) is 2. The summed E-state index contributed by atoms with van der Waals surface area (Å²) >= 11 is 0. The minimum Gasteiger partial charge on any atom is -0.295 e. The Kier molecular flexibility index (Phi) is 7.85. The Balaban J connectivity index is 0.000000271. The molecule has 2 rings (SSSR count). The van der Waals surface area contributed by atoms with Crippen molar-refractivity contribution in [3.05, 3.63) is 59.7 Å². The molecule has 146 valence electrons. The first kappa shape index (κ1) is 23.0. The van der Waals surface area contributed by atoms with E-state index in [1.54, 1.807) is 0 Å². The number of ketones is 2. The number of halogens is 1. The first-order valence-corrected chi connectivity index (χ1v) is 11.3. The quantitative estimate of drug-likeness (QED) is 0.574. The molecule has 0 bridgehead atoms. The standard InChI is InChI=1S/C9H11NO3S.C8H7ClO3S/c1-7(11)8-3-5-9(6-4-8)14(12,13)10-2;1-6(10)7-2-4-8(5-3-7)13(9,11)12/h3-6,10H,1-2H3;2-5H,1H3. The summed E-state index contributed by atoms with van der Waals surface area (Å²) in [5.41, 5.74) is 0.962. The molecule has 0 fully saturated rings. The van der Waals surface area contributed by atoms with Gasteiger partial charge in [0.05, 0.1) is 9.79 Å². The maximum absolute atomic E-state index is 11.3. The van der Waals surface area contributed by atoms with E-state index in [4.69, 9.17) is 10.7 Å². The SMILES string of the molecule is CC(=O)c1ccc(S(=O)(=O)Cl)cc1.CNS(=O)(=O)c1ccc(C(C)=O)cc1. The Morgan fingerprint density at radius 2 is 1.07 bits per heavy atom. The number of hydrogen-bond acceptors (Lipinski definition) is 6. The summed E-state index contributed by atoms with van der Waals surface area (Å²) in [6.07, 6.45) is 0. The van der Waals surface area contributed by atoms with Gasteiger partial charge in [-0.2, -0.15) is 0 Å². The maximum Gasteiger partial charge on any atom is 0.261 e. The normalized spacial score (nSPS) is 11.3. The van der Waals surface area contributed by atoms with Crippen LogP contribution in [-0.2, 0) is 19.1 Å². The Morgan fingerprint density at radius 1 is 0.741 bits per heavy atom. The van der Waals surface area contributed by atoms with Gasteiger partial charge in [-0.05, 0) is 45.2 Å². The molecule has 2 aromatic carbocycles. The average molecular weight is 432 g/mol. The second-order valence-electron chi connectivity index (χ2n) is 5.31. The van der Waals surface area contributed by atoms with Gasteiger partial charge in [0, 0.05) is 21.8 Å². The molecule has 10 heteroatoms. The van der Waals surface area contributed by atoms with Crippen molar-refractivity contribution in [1.29, 1.82) is 0 Å². The van der Waals surface area contributed by atoms with E-state index in [0.29, 0.717) is 11.1 Å². The molecule has 0 aliphatic heterocycles. The van der Waals surface area contributed by atoms with E-state index >= 15 is 0 Å². The van der Waals surface area contributed by atoms with Gasteiger partial charge in [-0.3, -0.25) is 9.59 Å². The Bertz CT molecular complexity index is 1030. The van der Waals surface area contributed by atoms with E-state index in [9.17, 15) is 26.4 Å². The van der Waals surface area contributed by atoms with Gasteiger partial charge in [-0.15, -0.1) is 0 Å². The molecule has 0 spiro atoms. The summed E-state index contributed by atoms with van der Waals surface area (Å²) in [5.74, 6) is -0.197. The van der Waals surface area contributed by atoms with Crippen LogP contribution < -0.4 is 4.72 Å². The van der Waals surface area contributed by atoms with Gasteiger partial charge >= 0.3 is 0 Å². The minimum atomic E-state index is -3.68. The molecule has 2 aromatic rings. The number of nitrogens with one attached hydrogen (secondary N) is 1. The highest BCUT2D eigenvalue weighted by molar-refractivity contribution is 8.13. The minimum absolute atomic E-state index is 0.000772. The fourth-order valence-corrected chi connectivity index (χ4v) is 3.34. The smallest absolute Gasteiger partial charge is 0.261 e. The summed E-state index contributed by atoms with van der Waals surface area (Å²) in [6, 6.07) is 11.3. The lowest BCUT2D eigenvalue weighted by Gasteiger charge is -2.02. The van der Waals surface area contributed by atoms with Gasteiger partial charge < -0.3 is 0 Å². The molecule has 0 unspecified atom stereocenters. The van der Waals surface area contributed by atoms with Crippen molar-refractivity contribution in [1.82, 2.24) is 4.72 Å². The monoisotopic (exact) mass is 431 g/mol. The molecule has 0 heterocycles. The number of sulfonamides is 1. The summed E-state index contributed by atoms with van der Waals surface area (Å²) < 4.78 is 46.4. The zero-order valence-corrected chi connectivity index (χ0v) is 17.2. The molecule has 0 saturated carbocycles. The van der Waals surface area contributed by atoms with E-state index in [2.05, 4.69) is 4.72 Å². The van der Waals surface area contributed by atoms with Crippen LogP contribution in [0.1, 0.15) is 34.6 Å². The molecule has 0 saturated heterocycles. The molecule has 0 radical (unpaired) electrons. The summed E-state index contributed by atoms with van der Waals surface area (Å²) in [4.78, 5) is 21.9. The third kappa shape index (κ3) is 6.87. The topological polar surface area (TPSA) is 114 Å². The largest absolute Gasteiger partial charge is 0.295 e. The molecule has 0 aliphatic carbocycles. The van der Waals surface area contributed by atoms with Crippen LogP contribution in [0.15, 0.2) is 58.3 Å². The van der Waals surface area contributed by atoms with Crippen molar-refractivity contribution < 1.29 is 26.4 Å². The lowest BCUT2D eigenvalue weighted by Crippen LogP contribution is -2.18. The Hall–Kier alpha value is -2.07. The number of carbonyl (C=O) groups is 2. The fraction of sp³-hybridized carbons (Fsp3) is 0.176. The van der Waals surface area contributed by atoms with E-state index in [-0.39, 0.29) is 21.4 Å². The highest BCUT2D eigenvalue weighted by Gasteiger charge is 2.11. The van der Waals surface area contributed by atoms with Crippen LogP contribution in [0.3, 0.4) is 0 Å². The molecular weight excluding hydrogens is 414 g/mol. The molecule has 27 heavy (non-hydrogen) atoms.